The van der Waals surface area contributed by atoms with E-state index in [1.807, 2.05) is 0 Å². The molecule has 0 radical (unpaired) electrons. The van der Waals surface area contributed by atoms with Gasteiger partial charge in [0.2, 0.25) is 0 Å². The summed E-state index contributed by atoms with van der Waals surface area (Å²) in [4.78, 5) is 2.31. The molecule has 0 saturated carbocycles. The number of aliphatic hydroxyl groups is 1. The van der Waals surface area contributed by atoms with Crippen molar-refractivity contribution in [3.8, 4) is 5.75 Å². The van der Waals surface area contributed by atoms with Crippen LogP contribution >= 0.6 is 11.6 Å². The Morgan fingerprint density at radius 1 is 1.48 bits per heavy atom. The van der Waals surface area contributed by atoms with Crippen LogP contribution in [0.4, 0.5) is 4.39 Å². The minimum atomic E-state index is -0.362. The Balaban J connectivity index is 1.79. The second kappa shape index (κ2) is 7.43. The number of benzene rings is 1. The molecule has 0 bridgehead atoms. The van der Waals surface area contributed by atoms with Crippen molar-refractivity contribution in [2.45, 2.75) is 26.2 Å². The summed E-state index contributed by atoms with van der Waals surface area (Å²) in [6.07, 6.45) is 3.19. The fourth-order valence-electron chi connectivity index (χ4n) is 3.04. The van der Waals surface area contributed by atoms with Crippen LogP contribution in [0.2, 0.25) is 5.02 Å². The van der Waals surface area contributed by atoms with Crippen molar-refractivity contribution in [1.29, 1.82) is 0 Å². The highest BCUT2D eigenvalue weighted by atomic mass is 35.5. The third kappa shape index (κ3) is 4.31. The predicted octanol–water partition coefficient (Wildman–Crippen LogP) is 3.34. The molecule has 1 aliphatic heterocycles. The zero-order valence-electron chi connectivity index (χ0n) is 12.4. The van der Waals surface area contributed by atoms with Gasteiger partial charge < -0.3 is 9.84 Å². The van der Waals surface area contributed by atoms with Crippen molar-refractivity contribution >= 4 is 11.6 Å². The fraction of sp³-hybridized carbons (Fsp3) is 0.625. The maximum absolute atomic E-state index is 12.9. The maximum Gasteiger partial charge on any atom is 0.138 e. The first-order valence-electron chi connectivity index (χ1n) is 7.50. The first-order chi connectivity index (χ1) is 10.1. The summed E-state index contributed by atoms with van der Waals surface area (Å²) in [5.41, 5.74) is 0.0578. The average molecular weight is 316 g/mol. The van der Waals surface area contributed by atoms with Gasteiger partial charge >= 0.3 is 0 Å². The quantitative estimate of drug-likeness (QED) is 0.837. The zero-order valence-corrected chi connectivity index (χ0v) is 13.2. The molecule has 0 amide bonds. The van der Waals surface area contributed by atoms with E-state index in [2.05, 4.69) is 11.8 Å². The molecule has 0 spiro atoms. The lowest BCUT2D eigenvalue weighted by molar-refractivity contribution is 0.115. The van der Waals surface area contributed by atoms with Gasteiger partial charge in [-0.3, -0.25) is 4.90 Å². The molecule has 1 aliphatic rings. The molecule has 1 aromatic carbocycles. The molecule has 5 heteroatoms. The molecule has 1 saturated heterocycles. The van der Waals surface area contributed by atoms with E-state index in [4.69, 9.17) is 16.3 Å². The van der Waals surface area contributed by atoms with Crippen molar-refractivity contribution in [1.82, 2.24) is 4.90 Å². The van der Waals surface area contributed by atoms with Gasteiger partial charge in [0, 0.05) is 25.1 Å². The highest BCUT2D eigenvalue weighted by Gasteiger charge is 2.36. The van der Waals surface area contributed by atoms with Gasteiger partial charge in [-0.05, 0) is 37.6 Å². The molecule has 1 N–H and O–H groups in total. The Labute approximate surface area is 130 Å². The van der Waals surface area contributed by atoms with Gasteiger partial charge in [-0.15, -0.1) is 0 Å². The molecule has 21 heavy (non-hydrogen) atoms. The van der Waals surface area contributed by atoms with Crippen LogP contribution in [0.5, 0.6) is 5.75 Å². The average Bonchev–Trinajstić information content (AvgIpc) is 2.86. The first kappa shape index (κ1) is 16.5. The second-order valence-corrected chi connectivity index (χ2v) is 6.26. The van der Waals surface area contributed by atoms with Gasteiger partial charge in [-0.25, -0.2) is 4.39 Å². The normalized spacial score (nSPS) is 22.7. The van der Waals surface area contributed by atoms with E-state index in [0.29, 0.717) is 17.4 Å². The van der Waals surface area contributed by atoms with E-state index in [-0.39, 0.29) is 17.8 Å². The topological polar surface area (TPSA) is 32.7 Å². The Kier molecular flexibility index (Phi) is 5.85. The van der Waals surface area contributed by atoms with Crippen molar-refractivity contribution < 1.29 is 14.2 Å². The summed E-state index contributed by atoms with van der Waals surface area (Å²) in [5, 5.41) is 9.92. The van der Waals surface area contributed by atoms with Gasteiger partial charge in [-0.1, -0.05) is 24.9 Å². The van der Waals surface area contributed by atoms with E-state index < -0.39 is 0 Å². The maximum atomic E-state index is 12.9. The van der Waals surface area contributed by atoms with Gasteiger partial charge in [0.05, 0.1) is 5.02 Å². The van der Waals surface area contributed by atoms with Crippen LogP contribution in [0, 0.1) is 11.2 Å². The fourth-order valence-corrected chi connectivity index (χ4v) is 3.26. The number of rotatable bonds is 7. The molecule has 0 aromatic heterocycles. The minimum Gasteiger partial charge on any atom is -0.491 e. The summed E-state index contributed by atoms with van der Waals surface area (Å²) in [6, 6.07) is 4.15. The summed E-state index contributed by atoms with van der Waals surface area (Å²) in [5.74, 6) is 0.151. The Bertz CT molecular complexity index is 472. The Morgan fingerprint density at radius 2 is 2.29 bits per heavy atom. The molecule has 1 aromatic rings. The molecule has 0 aliphatic carbocycles. The summed E-state index contributed by atoms with van der Waals surface area (Å²) >= 11 is 5.92. The standard InChI is InChI=1S/C16H23ClFNO2/c1-2-5-16(12-20)6-7-19(11-16)8-9-21-15-4-3-13(18)10-14(15)17/h3-4,10,20H,2,5-9,11-12H2,1H3. The zero-order chi connectivity index (χ0) is 15.3. The van der Waals surface area contributed by atoms with E-state index in [9.17, 15) is 9.50 Å². The minimum absolute atomic E-state index is 0.0578. The molecular weight excluding hydrogens is 293 g/mol. The van der Waals surface area contributed by atoms with Crippen LogP contribution in [-0.4, -0.2) is 42.9 Å². The monoisotopic (exact) mass is 315 g/mol. The lowest BCUT2D eigenvalue weighted by Crippen LogP contribution is -2.32. The van der Waals surface area contributed by atoms with Crippen molar-refractivity contribution in [3.63, 3.8) is 0 Å². The van der Waals surface area contributed by atoms with Gasteiger partial charge in [-0.2, -0.15) is 0 Å². The van der Waals surface area contributed by atoms with Crippen LogP contribution in [0.15, 0.2) is 18.2 Å². The molecule has 1 fully saturated rings. The molecule has 2 rings (SSSR count). The van der Waals surface area contributed by atoms with Crippen LogP contribution in [0.3, 0.4) is 0 Å². The van der Waals surface area contributed by atoms with Crippen LogP contribution in [-0.2, 0) is 0 Å². The highest BCUT2D eigenvalue weighted by molar-refractivity contribution is 6.32. The number of hydrogen-bond acceptors (Lipinski definition) is 3. The van der Waals surface area contributed by atoms with Crippen LogP contribution in [0.25, 0.3) is 0 Å². The van der Waals surface area contributed by atoms with Gasteiger partial charge in [0.1, 0.15) is 18.2 Å². The van der Waals surface area contributed by atoms with Crippen LogP contribution in [0.1, 0.15) is 26.2 Å². The van der Waals surface area contributed by atoms with E-state index in [1.165, 1.54) is 12.1 Å². The van der Waals surface area contributed by atoms with Crippen LogP contribution < -0.4 is 4.74 Å². The number of hydrogen-bond donors (Lipinski definition) is 1. The summed E-state index contributed by atoms with van der Waals surface area (Å²) < 4.78 is 18.6. The molecule has 1 atom stereocenters. The Morgan fingerprint density at radius 3 is 2.95 bits per heavy atom. The van der Waals surface area contributed by atoms with Crippen molar-refractivity contribution in [3.05, 3.63) is 29.0 Å². The van der Waals surface area contributed by atoms with E-state index >= 15 is 0 Å². The molecule has 1 heterocycles. The summed E-state index contributed by atoms with van der Waals surface area (Å²) in [6.45, 7) is 5.61. The van der Waals surface area contributed by atoms with Gasteiger partial charge in [0.25, 0.3) is 0 Å². The number of nitrogens with zero attached hydrogens (tertiary/aromatic N) is 1. The lowest BCUT2D eigenvalue weighted by atomic mass is 9.83. The number of aliphatic hydroxyl groups excluding tert-OH is 1. The second-order valence-electron chi connectivity index (χ2n) is 5.86. The molecule has 118 valence electrons. The van der Waals surface area contributed by atoms with E-state index in [1.54, 1.807) is 6.07 Å². The lowest BCUT2D eigenvalue weighted by Gasteiger charge is -2.26. The number of ether oxygens (including phenoxy) is 1. The highest BCUT2D eigenvalue weighted by Crippen LogP contribution is 2.34. The summed E-state index contributed by atoms with van der Waals surface area (Å²) in [7, 11) is 0. The molecule has 1 unspecified atom stereocenters. The largest absolute Gasteiger partial charge is 0.491 e. The predicted molar refractivity (Wildman–Crippen MR) is 82.4 cm³/mol. The third-order valence-electron chi connectivity index (χ3n) is 4.19. The number of halogens is 2. The Hall–Kier alpha value is -0.840. The van der Waals surface area contributed by atoms with E-state index in [0.717, 1.165) is 38.9 Å². The van der Waals surface area contributed by atoms with Gasteiger partial charge in [0.15, 0.2) is 0 Å². The number of likely N-dealkylation sites (tertiary alicyclic amines) is 1. The SMILES string of the molecule is CCCC1(CO)CCN(CCOc2ccc(F)cc2Cl)C1. The molecular formula is C16H23ClFNO2. The smallest absolute Gasteiger partial charge is 0.138 e. The molecule has 3 nitrogen and oxygen atoms in total. The van der Waals surface area contributed by atoms with Crippen molar-refractivity contribution in [2.24, 2.45) is 5.41 Å². The third-order valence-corrected chi connectivity index (χ3v) is 4.49. The van der Waals surface area contributed by atoms with Crippen molar-refractivity contribution in [2.75, 3.05) is 32.8 Å². The first-order valence-corrected chi connectivity index (χ1v) is 7.87.